The molecule has 21 heavy (non-hydrogen) atoms. The quantitative estimate of drug-likeness (QED) is 0.605. The van der Waals surface area contributed by atoms with E-state index in [0.717, 1.165) is 19.4 Å². The first-order valence-electron chi connectivity index (χ1n) is 7.66. The lowest BCUT2D eigenvalue weighted by Gasteiger charge is -2.27. The van der Waals surface area contributed by atoms with Crippen molar-refractivity contribution in [3.63, 3.8) is 0 Å². The maximum absolute atomic E-state index is 11.7. The smallest absolute Gasteiger partial charge is 0.211 e. The highest BCUT2D eigenvalue weighted by atomic mass is 32.2. The van der Waals surface area contributed by atoms with Gasteiger partial charge in [0.15, 0.2) is 0 Å². The molecule has 0 aliphatic carbocycles. The number of sulfonamides is 1. The van der Waals surface area contributed by atoms with Crippen LogP contribution in [-0.2, 0) is 24.2 Å². The van der Waals surface area contributed by atoms with E-state index in [9.17, 15) is 8.42 Å². The van der Waals surface area contributed by atoms with Crippen LogP contribution in [0.3, 0.4) is 0 Å². The average molecular weight is 323 g/mol. The minimum absolute atomic E-state index is 0.0803. The summed E-state index contributed by atoms with van der Waals surface area (Å²) >= 11 is 0. The third-order valence-electron chi connectivity index (χ3n) is 3.63. The number of hydrogen-bond acceptors (Lipinski definition) is 5. The van der Waals surface area contributed by atoms with E-state index in [0.29, 0.717) is 26.3 Å². The monoisotopic (exact) mass is 323 g/mol. The van der Waals surface area contributed by atoms with E-state index in [2.05, 4.69) is 0 Å². The molecule has 0 saturated carbocycles. The summed E-state index contributed by atoms with van der Waals surface area (Å²) in [6.07, 6.45) is 2.92. The Balaban J connectivity index is 2.57. The van der Waals surface area contributed by atoms with Gasteiger partial charge in [0.25, 0.3) is 0 Å². The molecule has 1 aliphatic heterocycles. The summed E-state index contributed by atoms with van der Waals surface area (Å²) < 4.78 is 41.9. The van der Waals surface area contributed by atoms with E-state index in [4.69, 9.17) is 14.2 Å². The predicted octanol–water partition coefficient (Wildman–Crippen LogP) is 1.26. The van der Waals surface area contributed by atoms with Crippen LogP contribution in [0.5, 0.6) is 0 Å². The lowest BCUT2D eigenvalue weighted by molar-refractivity contribution is -0.0754. The van der Waals surface area contributed by atoms with Crippen molar-refractivity contribution >= 4 is 10.0 Å². The molecule has 7 heteroatoms. The van der Waals surface area contributed by atoms with E-state index in [1.54, 1.807) is 0 Å². The van der Waals surface area contributed by atoms with E-state index < -0.39 is 10.0 Å². The molecule has 0 bridgehead atoms. The molecule has 1 heterocycles. The Morgan fingerprint density at radius 1 is 1.38 bits per heavy atom. The van der Waals surface area contributed by atoms with Gasteiger partial charge in [-0.15, -0.1) is 0 Å². The standard InChI is InChI=1S/C14H29NO5S/c1-5-12(3)20-14(9-15(6-2)21(4,16)17)11-19-13-7-8-18-10-13/h12-14H,5-11H2,1-4H3/t12-,13+,14-/m0/s1. The van der Waals surface area contributed by atoms with Crippen LogP contribution in [0.2, 0.25) is 0 Å². The molecule has 1 aliphatic rings. The van der Waals surface area contributed by atoms with Gasteiger partial charge in [-0.25, -0.2) is 8.42 Å². The normalized spacial score (nSPS) is 22.6. The van der Waals surface area contributed by atoms with Crippen molar-refractivity contribution in [2.45, 2.75) is 51.9 Å². The minimum atomic E-state index is -3.22. The third kappa shape index (κ3) is 7.06. The maximum Gasteiger partial charge on any atom is 0.211 e. The molecule has 0 amide bonds. The summed E-state index contributed by atoms with van der Waals surface area (Å²) in [6.45, 7) is 8.35. The fourth-order valence-corrected chi connectivity index (χ4v) is 3.08. The van der Waals surface area contributed by atoms with Gasteiger partial charge in [0.05, 0.1) is 37.8 Å². The molecular formula is C14H29NO5S. The number of ether oxygens (including phenoxy) is 3. The number of likely N-dealkylation sites (N-methyl/N-ethyl adjacent to an activating group) is 1. The highest BCUT2D eigenvalue weighted by molar-refractivity contribution is 7.88. The molecule has 1 fully saturated rings. The molecule has 0 unspecified atom stereocenters. The van der Waals surface area contributed by atoms with Crippen molar-refractivity contribution in [1.82, 2.24) is 4.31 Å². The average Bonchev–Trinajstić information content (AvgIpc) is 2.93. The maximum atomic E-state index is 11.7. The van der Waals surface area contributed by atoms with E-state index >= 15 is 0 Å². The van der Waals surface area contributed by atoms with Crippen molar-refractivity contribution < 1.29 is 22.6 Å². The first-order chi connectivity index (χ1) is 9.86. The minimum Gasteiger partial charge on any atom is -0.379 e. The van der Waals surface area contributed by atoms with Crippen LogP contribution in [0, 0.1) is 0 Å². The van der Waals surface area contributed by atoms with Crippen LogP contribution in [-0.4, -0.2) is 70.2 Å². The Morgan fingerprint density at radius 3 is 2.57 bits per heavy atom. The highest BCUT2D eigenvalue weighted by Crippen LogP contribution is 2.12. The number of hydrogen-bond donors (Lipinski definition) is 0. The fraction of sp³-hybridized carbons (Fsp3) is 1.00. The SMILES string of the molecule is CC[C@H](C)O[C@H](CO[C@@H]1CCOC1)CN(CC)S(C)(=O)=O. The molecule has 1 rings (SSSR count). The largest absolute Gasteiger partial charge is 0.379 e. The van der Waals surface area contributed by atoms with Crippen LogP contribution in [0.1, 0.15) is 33.6 Å². The van der Waals surface area contributed by atoms with Gasteiger partial charge in [-0.3, -0.25) is 0 Å². The Bertz CT molecular complexity index is 381. The van der Waals surface area contributed by atoms with Crippen LogP contribution in [0.4, 0.5) is 0 Å². The zero-order chi connectivity index (χ0) is 15.9. The zero-order valence-electron chi connectivity index (χ0n) is 13.6. The molecule has 3 atom stereocenters. The van der Waals surface area contributed by atoms with Crippen molar-refractivity contribution in [2.24, 2.45) is 0 Å². The predicted molar refractivity (Wildman–Crippen MR) is 81.9 cm³/mol. The first kappa shape index (κ1) is 18.8. The number of nitrogens with zero attached hydrogens (tertiary/aromatic N) is 1. The summed E-state index contributed by atoms with van der Waals surface area (Å²) in [5.41, 5.74) is 0. The summed E-state index contributed by atoms with van der Waals surface area (Å²) in [5.74, 6) is 0. The zero-order valence-corrected chi connectivity index (χ0v) is 14.4. The van der Waals surface area contributed by atoms with Gasteiger partial charge < -0.3 is 14.2 Å². The molecule has 0 aromatic carbocycles. The fourth-order valence-electron chi connectivity index (χ4n) is 2.17. The molecule has 6 nitrogen and oxygen atoms in total. The second-order valence-electron chi connectivity index (χ2n) is 5.51. The molecule has 0 radical (unpaired) electrons. The molecule has 0 aromatic heterocycles. The van der Waals surface area contributed by atoms with Crippen molar-refractivity contribution in [2.75, 3.05) is 39.2 Å². The Morgan fingerprint density at radius 2 is 2.10 bits per heavy atom. The van der Waals surface area contributed by atoms with Gasteiger partial charge in [0, 0.05) is 19.7 Å². The molecular weight excluding hydrogens is 294 g/mol. The summed E-state index contributed by atoms with van der Waals surface area (Å²) in [5, 5.41) is 0. The van der Waals surface area contributed by atoms with Crippen molar-refractivity contribution in [3.8, 4) is 0 Å². The lowest BCUT2D eigenvalue weighted by Crippen LogP contribution is -2.41. The van der Waals surface area contributed by atoms with Crippen LogP contribution >= 0.6 is 0 Å². The van der Waals surface area contributed by atoms with Crippen LogP contribution in [0.15, 0.2) is 0 Å². The van der Waals surface area contributed by atoms with Gasteiger partial charge in [0.1, 0.15) is 0 Å². The van der Waals surface area contributed by atoms with Crippen LogP contribution < -0.4 is 0 Å². The van der Waals surface area contributed by atoms with Gasteiger partial charge in [-0.05, 0) is 19.8 Å². The molecule has 0 spiro atoms. The van der Waals surface area contributed by atoms with Gasteiger partial charge in [-0.2, -0.15) is 4.31 Å². The van der Waals surface area contributed by atoms with E-state index in [1.807, 2.05) is 20.8 Å². The van der Waals surface area contributed by atoms with Gasteiger partial charge in [0.2, 0.25) is 10.0 Å². The lowest BCUT2D eigenvalue weighted by atomic mass is 10.3. The van der Waals surface area contributed by atoms with Crippen LogP contribution in [0.25, 0.3) is 0 Å². The number of rotatable bonds is 10. The molecule has 126 valence electrons. The summed E-state index contributed by atoms with van der Waals surface area (Å²) in [7, 11) is -3.22. The van der Waals surface area contributed by atoms with Crippen molar-refractivity contribution in [1.29, 1.82) is 0 Å². The third-order valence-corrected chi connectivity index (χ3v) is 4.98. The molecule has 0 N–H and O–H groups in total. The second-order valence-corrected chi connectivity index (χ2v) is 7.49. The van der Waals surface area contributed by atoms with E-state index in [-0.39, 0.29) is 18.3 Å². The second kappa shape index (κ2) is 9.05. The van der Waals surface area contributed by atoms with Gasteiger partial charge >= 0.3 is 0 Å². The topological polar surface area (TPSA) is 65.1 Å². The van der Waals surface area contributed by atoms with E-state index in [1.165, 1.54) is 10.6 Å². The Labute approximate surface area is 128 Å². The molecule has 0 aromatic rings. The summed E-state index contributed by atoms with van der Waals surface area (Å²) in [6, 6.07) is 0. The first-order valence-corrected chi connectivity index (χ1v) is 9.51. The van der Waals surface area contributed by atoms with Crippen molar-refractivity contribution in [3.05, 3.63) is 0 Å². The Kier molecular flexibility index (Phi) is 8.12. The summed E-state index contributed by atoms with van der Waals surface area (Å²) in [4.78, 5) is 0. The van der Waals surface area contributed by atoms with Gasteiger partial charge in [-0.1, -0.05) is 13.8 Å². The molecule has 1 saturated heterocycles. The highest BCUT2D eigenvalue weighted by Gasteiger charge is 2.24. The Hall–Kier alpha value is -0.210.